The second kappa shape index (κ2) is 5.64. The summed E-state index contributed by atoms with van der Waals surface area (Å²) in [5.74, 6) is 2.02. The largest absolute Gasteiger partial charge is 0.354 e. The van der Waals surface area contributed by atoms with Crippen molar-refractivity contribution in [3.8, 4) is 0 Å². The van der Waals surface area contributed by atoms with Gasteiger partial charge in [-0.15, -0.1) is 0 Å². The third kappa shape index (κ3) is 2.62. The van der Waals surface area contributed by atoms with E-state index in [2.05, 4.69) is 41.8 Å². The Morgan fingerprint density at radius 3 is 2.95 bits per heavy atom. The predicted octanol–water partition coefficient (Wildman–Crippen LogP) is 2.42. The Hall–Kier alpha value is -1.62. The summed E-state index contributed by atoms with van der Waals surface area (Å²) in [5, 5.41) is 4.65. The fourth-order valence-electron chi connectivity index (χ4n) is 3.13. The number of hydrogen-bond acceptors (Lipinski definition) is 4. The molecule has 2 aromatic heterocycles. The van der Waals surface area contributed by atoms with Crippen LogP contribution in [-0.4, -0.2) is 33.7 Å². The van der Waals surface area contributed by atoms with Gasteiger partial charge < -0.3 is 10.6 Å². The smallest absolute Gasteiger partial charge is 0.154 e. The van der Waals surface area contributed by atoms with Crippen LogP contribution in [0.25, 0.3) is 5.52 Å². The van der Waals surface area contributed by atoms with Crippen LogP contribution in [0.3, 0.4) is 0 Å². The standard InChI is InChI=1S/C16H25N5/c1-4-12-10-20(7-5-13(12)17)16-15-9-14(11(2)3)19-21(15)8-6-18-16/h6,8-9,11-13H,4-5,7,10,17H2,1-3H3. The number of piperidine rings is 1. The SMILES string of the molecule is CCC1CN(c2nccn3nc(C(C)C)cc23)CCC1N. The maximum atomic E-state index is 6.22. The van der Waals surface area contributed by atoms with Crippen LogP contribution in [0.15, 0.2) is 18.5 Å². The summed E-state index contributed by atoms with van der Waals surface area (Å²) in [5.41, 5.74) is 8.44. The fourth-order valence-corrected chi connectivity index (χ4v) is 3.13. The monoisotopic (exact) mass is 287 g/mol. The van der Waals surface area contributed by atoms with Crippen LogP contribution in [0.2, 0.25) is 0 Å². The van der Waals surface area contributed by atoms with Crippen molar-refractivity contribution in [3.05, 3.63) is 24.2 Å². The number of aromatic nitrogens is 3. The van der Waals surface area contributed by atoms with Gasteiger partial charge in [0, 0.05) is 31.5 Å². The predicted molar refractivity (Wildman–Crippen MR) is 85.7 cm³/mol. The van der Waals surface area contributed by atoms with E-state index in [9.17, 15) is 0 Å². The van der Waals surface area contributed by atoms with E-state index in [1.807, 2.05) is 16.9 Å². The highest BCUT2D eigenvalue weighted by atomic mass is 15.3. The molecule has 1 fully saturated rings. The van der Waals surface area contributed by atoms with E-state index in [1.165, 1.54) is 0 Å². The molecule has 5 nitrogen and oxygen atoms in total. The second-order valence-electron chi connectivity index (χ2n) is 6.37. The van der Waals surface area contributed by atoms with E-state index in [1.54, 1.807) is 0 Å². The highest BCUT2D eigenvalue weighted by Gasteiger charge is 2.27. The third-order valence-corrected chi connectivity index (χ3v) is 4.60. The molecule has 3 heterocycles. The van der Waals surface area contributed by atoms with Gasteiger partial charge in [0.2, 0.25) is 0 Å². The fraction of sp³-hybridized carbons (Fsp3) is 0.625. The molecule has 2 N–H and O–H groups in total. The van der Waals surface area contributed by atoms with Gasteiger partial charge in [0.1, 0.15) is 5.52 Å². The molecule has 0 saturated carbocycles. The van der Waals surface area contributed by atoms with Gasteiger partial charge >= 0.3 is 0 Å². The van der Waals surface area contributed by atoms with Gasteiger partial charge in [-0.25, -0.2) is 9.50 Å². The van der Waals surface area contributed by atoms with Gasteiger partial charge in [-0.3, -0.25) is 0 Å². The van der Waals surface area contributed by atoms with Gasteiger partial charge in [-0.2, -0.15) is 5.10 Å². The highest BCUT2D eigenvalue weighted by molar-refractivity contribution is 5.69. The van der Waals surface area contributed by atoms with E-state index < -0.39 is 0 Å². The first kappa shape index (κ1) is 14.3. The molecule has 0 spiro atoms. The molecule has 1 saturated heterocycles. The average molecular weight is 287 g/mol. The molecule has 1 aliphatic rings. The zero-order valence-corrected chi connectivity index (χ0v) is 13.2. The Morgan fingerprint density at radius 1 is 1.43 bits per heavy atom. The second-order valence-corrected chi connectivity index (χ2v) is 6.37. The molecule has 1 aliphatic heterocycles. The van der Waals surface area contributed by atoms with Crippen molar-refractivity contribution in [1.29, 1.82) is 0 Å². The minimum absolute atomic E-state index is 0.321. The first-order valence-corrected chi connectivity index (χ1v) is 7.95. The van der Waals surface area contributed by atoms with Gasteiger partial charge in [0.05, 0.1) is 5.69 Å². The summed E-state index contributed by atoms with van der Waals surface area (Å²) < 4.78 is 1.95. The summed E-state index contributed by atoms with van der Waals surface area (Å²) in [6.45, 7) is 8.53. The minimum Gasteiger partial charge on any atom is -0.354 e. The Balaban J connectivity index is 1.96. The molecule has 0 amide bonds. The van der Waals surface area contributed by atoms with Crippen LogP contribution in [0.1, 0.15) is 45.2 Å². The van der Waals surface area contributed by atoms with Crippen molar-refractivity contribution in [3.63, 3.8) is 0 Å². The zero-order valence-electron chi connectivity index (χ0n) is 13.2. The van der Waals surface area contributed by atoms with E-state index >= 15 is 0 Å². The summed E-state index contributed by atoms with van der Waals surface area (Å²) in [4.78, 5) is 6.99. The van der Waals surface area contributed by atoms with E-state index in [0.717, 1.165) is 43.0 Å². The third-order valence-electron chi connectivity index (χ3n) is 4.60. The van der Waals surface area contributed by atoms with Crippen molar-refractivity contribution < 1.29 is 0 Å². The Morgan fingerprint density at radius 2 is 2.24 bits per heavy atom. The van der Waals surface area contributed by atoms with Crippen LogP contribution in [0.5, 0.6) is 0 Å². The van der Waals surface area contributed by atoms with Gasteiger partial charge in [-0.1, -0.05) is 27.2 Å². The summed E-state index contributed by atoms with van der Waals surface area (Å²) >= 11 is 0. The van der Waals surface area contributed by atoms with Gasteiger partial charge in [0.15, 0.2) is 5.82 Å². The lowest BCUT2D eigenvalue weighted by Gasteiger charge is -2.37. The molecule has 0 radical (unpaired) electrons. The van der Waals surface area contributed by atoms with Crippen LogP contribution in [0.4, 0.5) is 5.82 Å². The molecule has 3 rings (SSSR count). The number of hydrogen-bond donors (Lipinski definition) is 1. The lowest BCUT2D eigenvalue weighted by molar-refractivity contribution is 0.347. The summed E-state index contributed by atoms with van der Waals surface area (Å²) in [6, 6.07) is 2.49. The first-order valence-electron chi connectivity index (χ1n) is 7.95. The lowest BCUT2D eigenvalue weighted by Crippen LogP contribution is -2.47. The summed E-state index contributed by atoms with van der Waals surface area (Å²) in [6.07, 6.45) is 5.93. The number of rotatable bonds is 3. The molecule has 2 unspecified atom stereocenters. The summed E-state index contributed by atoms with van der Waals surface area (Å²) in [7, 11) is 0. The molecule has 0 aliphatic carbocycles. The number of fused-ring (bicyclic) bond motifs is 1. The number of nitrogens with two attached hydrogens (primary N) is 1. The van der Waals surface area contributed by atoms with Crippen molar-refractivity contribution in [2.45, 2.75) is 45.6 Å². The van der Waals surface area contributed by atoms with E-state index in [-0.39, 0.29) is 0 Å². The van der Waals surface area contributed by atoms with Crippen LogP contribution in [0, 0.1) is 5.92 Å². The first-order chi connectivity index (χ1) is 10.1. The molecule has 5 heteroatoms. The van der Waals surface area contributed by atoms with Crippen molar-refractivity contribution >= 4 is 11.3 Å². The molecule has 114 valence electrons. The molecule has 21 heavy (non-hydrogen) atoms. The minimum atomic E-state index is 0.321. The molecule has 0 aromatic carbocycles. The molecule has 2 atom stereocenters. The van der Waals surface area contributed by atoms with Gasteiger partial charge in [-0.05, 0) is 24.3 Å². The topological polar surface area (TPSA) is 59.5 Å². The molecule has 0 bridgehead atoms. The normalized spacial score (nSPS) is 23.2. The molecular formula is C16H25N5. The van der Waals surface area contributed by atoms with Crippen molar-refractivity contribution in [1.82, 2.24) is 14.6 Å². The van der Waals surface area contributed by atoms with E-state index in [4.69, 9.17) is 5.73 Å². The number of anilines is 1. The Kier molecular flexibility index (Phi) is 3.85. The van der Waals surface area contributed by atoms with Crippen molar-refractivity contribution in [2.75, 3.05) is 18.0 Å². The maximum Gasteiger partial charge on any atom is 0.154 e. The Bertz CT molecular complexity index is 618. The Labute approximate surface area is 126 Å². The lowest BCUT2D eigenvalue weighted by atomic mass is 9.91. The zero-order chi connectivity index (χ0) is 15.0. The van der Waals surface area contributed by atoms with Crippen molar-refractivity contribution in [2.24, 2.45) is 11.7 Å². The quantitative estimate of drug-likeness (QED) is 0.942. The average Bonchev–Trinajstić information content (AvgIpc) is 2.92. The molecule has 2 aromatic rings. The van der Waals surface area contributed by atoms with Crippen LogP contribution >= 0.6 is 0 Å². The number of nitrogens with zero attached hydrogens (tertiary/aromatic N) is 4. The van der Waals surface area contributed by atoms with Gasteiger partial charge in [0.25, 0.3) is 0 Å². The van der Waals surface area contributed by atoms with Crippen LogP contribution in [-0.2, 0) is 0 Å². The van der Waals surface area contributed by atoms with Crippen LogP contribution < -0.4 is 10.6 Å². The highest BCUT2D eigenvalue weighted by Crippen LogP contribution is 2.27. The maximum absolute atomic E-state index is 6.22. The molecular weight excluding hydrogens is 262 g/mol. The van der Waals surface area contributed by atoms with E-state index in [0.29, 0.717) is 17.9 Å².